The molecule has 1 saturated heterocycles. The Balaban J connectivity index is 1.61. The van der Waals surface area contributed by atoms with Crippen LogP contribution in [0.2, 0.25) is 0 Å². The second-order valence-corrected chi connectivity index (χ2v) is 8.89. The van der Waals surface area contributed by atoms with Gasteiger partial charge in [0.2, 0.25) is 5.44 Å². The lowest BCUT2D eigenvalue weighted by Gasteiger charge is -2.35. The number of nitrogens with zero attached hydrogens (tertiary/aromatic N) is 2. The molecule has 0 bridgehead atoms. The maximum Gasteiger partial charge on any atom is 0.351 e. The fourth-order valence-corrected chi connectivity index (χ4v) is 4.75. The normalized spacial score (nSPS) is 31.2. The van der Waals surface area contributed by atoms with Gasteiger partial charge >= 0.3 is 11.7 Å². The molecule has 1 aliphatic carbocycles. The van der Waals surface area contributed by atoms with E-state index in [-0.39, 0.29) is 6.10 Å². The van der Waals surface area contributed by atoms with Gasteiger partial charge in [-0.2, -0.15) is 4.98 Å². The molecular formula is C18H26FN3O4S. The summed E-state index contributed by atoms with van der Waals surface area (Å²) >= 11 is 1.23. The third kappa shape index (κ3) is 4.63. The molecule has 2 aliphatic rings. The van der Waals surface area contributed by atoms with E-state index < -0.39 is 35.0 Å². The van der Waals surface area contributed by atoms with Crippen LogP contribution in [0.1, 0.15) is 46.3 Å². The molecule has 27 heavy (non-hydrogen) atoms. The van der Waals surface area contributed by atoms with E-state index in [9.17, 15) is 14.0 Å². The lowest BCUT2D eigenvalue weighted by atomic mass is 9.75. The molecule has 9 heteroatoms. The van der Waals surface area contributed by atoms with Crippen LogP contribution in [0.5, 0.6) is 0 Å². The molecule has 1 saturated carbocycles. The van der Waals surface area contributed by atoms with Crippen LogP contribution in [0, 0.1) is 23.6 Å². The van der Waals surface area contributed by atoms with Crippen LogP contribution >= 0.6 is 11.8 Å². The summed E-state index contributed by atoms with van der Waals surface area (Å²) in [5, 5.41) is 0. The summed E-state index contributed by atoms with van der Waals surface area (Å²) in [6, 6.07) is 0. The van der Waals surface area contributed by atoms with Crippen molar-refractivity contribution in [3.63, 3.8) is 0 Å². The van der Waals surface area contributed by atoms with E-state index in [1.54, 1.807) is 0 Å². The van der Waals surface area contributed by atoms with Gasteiger partial charge in [-0.15, -0.1) is 11.8 Å². The molecule has 2 heterocycles. The monoisotopic (exact) mass is 399 g/mol. The fraction of sp³-hybridized carbons (Fsp3) is 0.722. The minimum Gasteiger partial charge on any atom is -0.460 e. The van der Waals surface area contributed by atoms with Crippen molar-refractivity contribution in [2.24, 2.45) is 17.8 Å². The Morgan fingerprint density at radius 2 is 2.19 bits per heavy atom. The van der Waals surface area contributed by atoms with Crippen LogP contribution in [0.15, 0.2) is 11.0 Å². The summed E-state index contributed by atoms with van der Waals surface area (Å²) in [6.45, 7) is 6.57. The molecule has 3 rings (SSSR count). The van der Waals surface area contributed by atoms with Crippen LogP contribution < -0.4 is 11.4 Å². The number of nitrogens with two attached hydrogens (primary N) is 1. The largest absolute Gasteiger partial charge is 0.460 e. The van der Waals surface area contributed by atoms with Crippen molar-refractivity contribution in [1.29, 1.82) is 0 Å². The number of esters is 1. The third-order valence-corrected chi connectivity index (χ3v) is 6.35. The van der Waals surface area contributed by atoms with E-state index in [0.29, 0.717) is 23.5 Å². The highest BCUT2D eigenvalue weighted by Crippen LogP contribution is 2.37. The molecular weight excluding hydrogens is 373 g/mol. The van der Waals surface area contributed by atoms with E-state index in [0.717, 1.165) is 30.0 Å². The van der Waals surface area contributed by atoms with Crippen molar-refractivity contribution >= 4 is 23.5 Å². The van der Waals surface area contributed by atoms with Gasteiger partial charge < -0.3 is 15.2 Å². The number of hydrogen-bond donors (Lipinski definition) is 1. The predicted molar refractivity (Wildman–Crippen MR) is 100 cm³/mol. The zero-order valence-corrected chi connectivity index (χ0v) is 16.6. The summed E-state index contributed by atoms with van der Waals surface area (Å²) in [7, 11) is 0. The standard InChI is InChI=1S/C18H26FN3O4S/c1-9(2)11-4-10(3)5-12(6-11)25-16(23)17-26-14(8-27-17)22-7-13(19)15(20)21-18(22)24/h7,9-12,14,17H,4-6,8H2,1-3H3,(H2,20,21,24)/t10-,11+,12?,14?,17+/m0/s1. The molecule has 0 radical (unpaired) electrons. The highest BCUT2D eigenvalue weighted by molar-refractivity contribution is 8.00. The first-order chi connectivity index (χ1) is 12.7. The summed E-state index contributed by atoms with van der Waals surface area (Å²) in [6.07, 6.45) is 2.93. The molecule has 0 aromatic carbocycles. The molecule has 0 amide bonds. The first-order valence-corrected chi connectivity index (χ1v) is 10.3. The lowest BCUT2D eigenvalue weighted by Crippen LogP contribution is -2.35. The van der Waals surface area contributed by atoms with Crippen LogP contribution in [0.3, 0.4) is 0 Å². The van der Waals surface area contributed by atoms with Crippen molar-refractivity contribution in [3.05, 3.63) is 22.5 Å². The quantitative estimate of drug-likeness (QED) is 0.777. The molecule has 1 aromatic rings. The molecule has 1 aliphatic heterocycles. The zero-order chi connectivity index (χ0) is 19.7. The number of carbonyl (C=O) groups excluding carboxylic acids is 1. The average molecular weight is 399 g/mol. The van der Waals surface area contributed by atoms with Gasteiger partial charge in [0.25, 0.3) is 0 Å². The number of halogens is 1. The molecule has 2 fully saturated rings. The molecule has 2 N–H and O–H groups in total. The van der Waals surface area contributed by atoms with E-state index in [1.165, 1.54) is 11.8 Å². The van der Waals surface area contributed by atoms with E-state index in [1.807, 2.05) is 0 Å². The number of hydrogen-bond acceptors (Lipinski definition) is 7. The van der Waals surface area contributed by atoms with Crippen molar-refractivity contribution in [2.45, 2.75) is 57.8 Å². The zero-order valence-electron chi connectivity index (χ0n) is 15.8. The van der Waals surface area contributed by atoms with E-state index in [2.05, 4.69) is 25.8 Å². The number of thioether (sulfide) groups is 1. The molecule has 150 valence electrons. The topological polar surface area (TPSA) is 96.4 Å². The summed E-state index contributed by atoms with van der Waals surface area (Å²) in [5.41, 5.74) is 3.74. The Morgan fingerprint density at radius 1 is 1.44 bits per heavy atom. The van der Waals surface area contributed by atoms with Gasteiger partial charge in [-0.1, -0.05) is 20.8 Å². The Hall–Kier alpha value is -1.61. The van der Waals surface area contributed by atoms with Gasteiger partial charge in [-0.05, 0) is 37.0 Å². The number of rotatable bonds is 4. The number of nitrogen functional groups attached to an aromatic ring is 1. The fourth-order valence-electron chi connectivity index (χ4n) is 3.78. The summed E-state index contributed by atoms with van der Waals surface area (Å²) in [4.78, 5) is 27.8. The lowest BCUT2D eigenvalue weighted by molar-refractivity contribution is -0.163. The van der Waals surface area contributed by atoms with Gasteiger partial charge in [0, 0.05) is 5.75 Å². The smallest absolute Gasteiger partial charge is 0.351 e. The summed E-state index contributed by atoms with van der Waals surface area (Å²) < 4.78 is 26.0. The van der Waals surface area contributed by atoms with Crippen molar-refractivity contribution in [1.82, 2.24) is 9.55 Å². The van der Waals surface area contributed by atoms with Gasteiger partial charge in [0.1, 0.15) is 12.3 Å². The molecule has 0 spiro atoms. The second kappa shape index (κ2) is 8.18. The van der Waals surface area contributed by atoms with E-state index in [4.69, 9.17) is 15.2 Å². The van der Waals surface area contributed by atoms with Crippen molar-refractivity contribution < 1.29 is 18.7 Å². The van der Waals surface area contributed by atoms with Crippen LogP contribution in [0.25, 0.3) is 0 Å². The van der Waals surface area contributed by atoms with Crippen LogP contribution in [-0.2, 0) is 14.3 Å². The Kier molecular flexibility index (Phi) is 6.10. The number of aromatic nitrogens is 2. The maximum atomic E-state index is 13.6. The average Bonchev–Trinajstić information content (AvgIpc) is 3.07. The Bertz CT molecular complexity index is 757. The van der Waals surface area contributed by atoms with Crippen molar-refractivity contribution in [2.75, 3.05) is 11.5 Å². The molecule has 2 unspecified atom stereocenters. The van der Waals surface area contributed by atoms with Gasteiger partial charge in [0.05, 0.1) is 6.20 Å². The Labute approximate surface area is 161 Å². The maximum absolute atomic E-state index is 13.6. The Morgan fingerprint density at radius 3 is 2.89 bits per heavy atom. The second-order valence-electron chi connectivity index (χ2n) is 7.80. The first kappa shape index (κ1) is 20.1. The highest BCUT2D eigenvalue weighted by Gasteiger charge is 2.37. The highest BCUT2D eigenvalue weighted by atomic mass is 32.2. The van der Waals surface area contributed by atoms with Gasteiger partial charge in [0.15, 0.2) is 11.6 Å². The van der Waals surface area contributed by atoms with Gasteiger partial charge in [-0.3, -0.25) is 4.57 Å². The molecule has 7 nitrogen and oxygen atoms in total. The number of ether oxygens (including phenoxy) is 2. The van der Waals surface area contributed by atoms with Crippen molar-refractivity contribution in [3.8, 4) is 0 Å². The van der Waals surface area contributed by atoms with E-state index >= 15 is 0 Å². The van der Waals surface area contributed by atoms with Gasteiger partial charge in [-0.25, -0.2) is 14.0 Å². The summed E-state index contributed by atoms with van der Waals surface area (Å²) in [5.74, 6) is 0.223. The first-order valence-electron chi connectivity index (χ1n) is 9.26. The van der Waals surface area contributed by atoms with Crippen LogP contribution in [0.4, 0.5) is 10.2 Å². The van der Waals surface area contributed by atoms with Crippen LogP contribution in [-0.4, -0.2) is 32.8 Å². The molecule has 1 aromatic heterocycles. The predicted octanol–water partition coefficient (Wildman–Crippen LogP) is 2.56. The minimum absolute atomic E-state index is 0.116. The number of carbonyl (C=O) groups is 1. The number of anilines is 1. The molecule has 5 atom stereocenters. The minimum atomic E-state index is -0.836. The third-order valence-electron chi connectivity index (χ3n) is 5.27. The SMILES string of the molecule is CC(C)[C@H]1CC(OC(=O)[C@@H]2OC(n3cc(F)c(N)nc3=O)CS2)C[C@@H](C)C1.